The molecular weight excluding hydrogens is 479 g/mol. The van der Waals surface area contributed by atoms with E-state index in [-0.39, 0.29) is 50.9 Å². The van der Waals surface area contributed by atoms with Gasteiger partial charge in [-0.3, -0.25) is 0 Å². The van der Waals surface area contributed by atoms with Gasteiger partial charge in [0, 0.05) is 0 Å². The van der Waals surface area contributed by atoms with Gasteiger partial charge in [-0.1, -0.05) is 0 Å². The number of carbonyl (C=O) groups is 3. The number of hydrogen-bond acceptors (Lipinski definition) is 6. The first-order valence-corrected chi connectivity index (χ1v) is 12.1. The van der Waals surface area contributed by atoms with Crippen molar-refractivity contribution < 1.29 is 24.0 Å². The number of nitro benzene ring substituents is 1. The van der Waals surface area contributed by atoms with Crippen LogP contribution in [0.3, 0.4) is 0 Å². The Morgan fingerprint density at radius 3 is 2.53 bits per heavy atom. The molecule has 3 fully saturated rings. The number of benzene rings is 2. The van der Waals surface area contributed by atoms with Crippen LogP contribution in [-0.4, -0.2) is 54.5 Å². The molecule has 3 aliphatic rings. The van der Waals surface area contributed by atoms with Gasteiger partial charge in [-0.05, 0) is 0 Å². The summed E-state index contributed by atoms with van der Waals surface area (Å²) in [5.74, 6) is -0.662. The third kappa shape index (κ3) is 3.15. The average molecular weight is 499 g/mol. The van der Waals surface area contributed by atoms with Gasteiger partial charge >= 0.3 is 190 Å². The second-order valence-corrected chi connectivity index (χ2v) is 11.1. The predicted octanol–water partition coefficient (Wildman–Crippen LogP) is 1.79. The monoisotopic (exact) mass is 500 g/mol. The van der Waals surface area contributed by atoms with Crippen molar-refractivity contribution in [1.29, 1.82) is 0 Å². The number of Topliss-reactive ketones (excluding diaryl/α,β-unsaturated/α-hetero) is 1. The molecule has 0 aromatic heterocycles. The molecule has 4 atom stereocenters. The molecule has 2 saturated heterocycles. The molecule has 0 bridgehead atoms. The summed E-state index contributed by atoms with van der Waals surface area (Å²) >= 11 is -0.332. The van der Waals surface area contributed by atoms with Crippen LogP contribution in [0, 0.1) is 16.0 Å². The van der Waals surface area contributed by atoms with E-state index in [1.807, 2.05) is 30.3 Å². The fourth-order valence-corrected chi connectivity index (χ4v) is 8.63. The molecule has 1 amide bonds. The number of non-ortho nitro benzene ring substituents is 1. The molecular formula is C23H20N2O6Se. The Morgan fingerprint density at radius 1 is 1.16 bits per heavy atom. The van der Waals surface area contributed by atoms with Crippen molar-refractivity contribution in [2.24, 2.45) is 5.92 Å². The third-order valence-corrected chi connectivity index (χ3v) is 9.98. The van der Waals surface area contributed by atoms with Gasteiger partial charge in [-0.2, -0.15) is 0 Å². The number of carbonyl (C=O) groups excluding carboxylic acids is 3. The summed E-state index contributed by atoms with van der Waals surface area (Å²) < 4.78 is 5.70. The van der Waals surface area contributed by atoms with Crippen LogP contribution in [0.15, 0.2) is 54.6 Å². The minimum atomic E-state index is -0.910. The van der Waals surface area contributed by atoms with Gasteiger partial charge in [-0.25, -0.2) is 0 Å². The van der Waals surface area contributed by atoms with Crippen molar-refractivity contribution in [3.8, 4) is 0 Å². The molecule has 0 spiro atoms. The first-order chi connectivity index (χ1) is 15.4. The SMILES string of the molecule is O=C(OCc1ccc([N+](=O)[O-])cc1)[C@@H]1N2C(=O)C[C@H]2[C@@H]2CCC(=O)[C@]12[Se]c1ccccc1. The summed E-state index contributed by atoms with van der Waals surface area (Å²) in [4.78, 5) is 51.1. The first-order valence-electron chi connectivity index (χ1n) is 10.4. The molecule has 2 aromatic rings. The molecule has 5 rings (SSSR count). The number of β-lactam (4-membered cyclic amide) rings is 1. The summed E-state index contributed by atoms with van der Waals surface area (Å²) in [6, 6.07) is 14.4. The normalized spacial score (nSPS) is 28.1. The van der Waals surface area contributed by atoms with E-state index in [1.54, 1.807) is 4.90 Å². The number of ketones is 1. The van der Waals surface area contributed by atoms with Crippen molar-refractivity contribution >= 4 is 42.8 Å². The van der Waals surface area contributed by atoms with Crippen molar-refractivity contribution in [1.82, 2.24) is 4.90 Å². The number of amides is 1. The van der Waals surface area contributed by atoms with Crippen LogP contribution in [0.4, 0.5) is 5.69 Å². The number of nitrogens with zero attached hydrogens (tertiary/aromatic N) is 2. The summed E-state index contributed by atoms with van der Waals surface area (Å²) in [5, 5.41) is 10.8. The van der Waals surface area contributed by atoms with Crippen LogP contribution in [0.2, 0.25) is 4.31 Å². The van der Waals surface area contributed by atoms with E-state index >= 15 is 0 Å². The molecule has 2 aromatic carbocycles. The summed E-state index contributed by atoms with van der Waals surface area (Å²) in [6.45, 7) is -0.0761. The maximum atomic E-state index is 13.3. The summed E-state index contributed by atoms with van der Waals surface area (Å²) in [6.07, 6.45) is 1.48. The zero-order valence-electron chi connectivity index (χ0n) is 17.0. The van der Waals surface area contributed by atoms with Gasteiger partial charge in [-0.15, -0.1) is 0 Å². The van der Waals surface area contributed by atoms with Gasteiger partial charge in [0.15, 0.2) is 0 Å². The fraction of sp³-hybridized carbons (Fsp3) is 0.348. The van der Waals surface area contributed by atoms with Crippen LogP contribution in [-0.2, 0) is 25.7 Å². The van der Waals surface area contributed by atoms with Gasteiger partial charge in [0.1, 0.15) is 0 Å². The van der Waals surface area contributed by atoms with Crippen LogP contribution in [0.25, 0.3) is 0 Å². The number of fused-ring (bicyclic) bond motifs is 3. The molecule has 0 unspecified atom stereocenters. The molecule has 2 heterocycles. The van der Waals surface area contributed by atoms with Gasteiger partial charge < -0.3 is 0 Å². The molecule has 8 nitrogen and oxygen atoms in total. The number of ether oxygens (including phenoxy) is 1. The Balaban J connectivity index is 1.43. The van der Waals surface area contributed by atoms with E-state index in [4.69, 9.17) is 4.74 Å². The van der Waals surface area contributed by atoms with Gasteiger partial charge in [0.25, 0.3) is 0 Å². The molecule has 0 N–H and O–H groups in total. The third-order valence-electron chi connectivity index (χ3n) is 6.63. The van der Waals surface area contributed by atoms with Crippen molar-refractivity contribution in [2.45, 2.75) is 42.3 Å². The molecule has 32 heavy (non-hydrogen) atoms. The average Bonchev–Trinajstić information content (AvgIpc) is 3.21. The standard InChI is InChI=1S/C23H20N2O6Se/c26-19-11-10-17-18-12-20(27)24(18)21(23(17,19)32-16-4-2-1-3-5-16)22(28)31-13-14-6-8-15(9-7-14)25(29)30/h1-9,17-18,21H,10-13H2/t17-,18-,21-,23-/m0/s1. The summed E-state index contributed by atoms with van der Waals surface area (Å²) in [5.41, 5.74) is 0.555. The van der Waals surface area contributed by atoms with Gasteiger partial charge in [0.05, 0.1) is 0 Å². The number of esters is 1. The molecule has 164 valence electrons. The van der Waals surface area contributed by atoms with Crippen molar-refractivity contribution in [3.05, 3.63) is 70.3 Å². The Labute approximate surface area is 190 Å². The number of rotatable bonds is 6. The predicted molar refractivity (Wildman–Crippen MR) is 114 cm³/mol. The zero-order valence-corrected chi connectivity index (χ0v) is 18.7. The van der Waals surface area contributed by atoms with E-state index in [0.29, 0.717) is 24.8 Å². The van der Waals surface area contributed by atoms with Crippen molar-refractivity contribution in [2.75, 3.05) is 0 Å². The Kier molecular flexibility index (Phi) is 5.10. The molecule has 0 radical (unpaired) electrons. The number of nitro groups is 1. The Bertz CT molecular complexity index is 1110. The Hall–Kier alpha value is -3.03. The second-order valence-electron chi connectivity index (χ2n) is 8.28. The fourth-order valence-electron chi connectivity index (χ4n) is 5.18. The number of hydrogen-bond donors (Lipinski definition) is 0. The van der Waals surface area contributed by atoms with Crippen molar-refractivity contribution in [3.63, 3.8) is 0 Å². The quantitative estimate of drug-likeness (QED) is 0.197. The van der Waals surface area contributed by atoms with E-state index in [2.05, 4.69) is 0 Å². The zero-order chi connectivity index (χ0) is 22.5. The van der Waals surface area contributed by atoms with Crippen LogP contribution in [0.1, 0.15) is 24.8 Å². The van der Waals surface area contributed by atoms with E-state index < -0.39 is 21.2 Å². The topological polar surface area (TPSA) is 107 Å². The van der Waals surface area contributed by atoms with Crippen LogP contribution in [0.5, 0.6) is 0 Å². The van der Waals surface area contributed by atoms with Crippen LogP contribution < -0.4 is 4.46 Å². The van der Waals surface area contributed by atoms with Crippen LogP contribution >= 0.6 is 0 Å². The molecule has 9 heteroatoms. The van der Waals surface area contributed by atoms with E-state index in [0.717, 1.165) is 4.46 Å². The summed E-state index contributed by atoms with van der Waals surface area (Å²) in [7, 11) is 0. The molecule has 1 saturated carbocycles. The molecule has 1 aliphatic carbocycles. The maximum absolute atomic E-state index is 13.3. The van der Waals surface area contributed by atoms with Gasteiger partial charge in [0.2, 0.25) is 0 Å². The first kappa shape index (κ1) is 20.8. The Morgan fingerprint density at radius 2 is 1.88 bits per heavy atom. The van der Waals surface area contributed by atoms with E-state index in [1.165, 1.54) is 24.3 Å². The molecule has 2 aliphatic heterocycles. The minimum absolute atomic E-state index is 0.0233. The second kappa shape index (κ2) is 7.83. The van der Waals surface area contributed by atoms with E-state index in [9.17, 15) is 24.5 Å².